The van der Waals surface area contributed by atoms with Gasteiger partial charge in [-0.25, -0.2) is 0 Å². The van der Waals surface area contributed by atoms with Crippen molar-refractivity contribution in [1.29, 1.82) is 0 Å². The quantitative estimate of drug-likeness (QED) is 0.434. The first-order chi connectivity index (χ1) is 10.1. The van der Waals surface area contributed by atoms with E-state index in [2.05, 4.69) is 27.8 Å². The fourth-order valence-electron chi connectivity index (χ4n) is 2.09. The standard InChI is InChI=1S/C15H15BClINO2/c1-21-16-19-10-15(20,11-2-6-13(17)7-3-11)12-4-8-14(18)9-5-12/h2-9,19-20H,10H2,1H3. The Labute approximate surface area is 144 Å². The number of rotatable bonds is 6. The van der Waals surface area contributed by atoms with Crippen LogP contribution in [0, 0.1) is 3.57 Å². The van der Waals surface area contributed by atoms with Gasteiger partial charge in [-0.1, -0.05) is 35.9 Å². The van der Waals surface area contributed by atoms with Crippen molar-refractivity contribution in [3.8, 4) is 0 Å². The van der Waals surface area contributed by atoms with E-state index in [1.54, 1.807) is 19.2 Å². The van der Waals surface area contributed by atoms with Crippen molar-refractivity contribution >= 4 is 41.8 Å². The highest BCUT2D eigenvalue weighted by atomic mass is 127. The van der Waals surface area contributed by atoms with Gasteiger partial charge in [0.25, 0.3) is 0 Å². The summed E-state index contributed by atoms with van der Waals surface area (Å²) in [4.78, 5) is 0. The Balaban J connectivity index is 2.37. The van der Waals surface area contributed by atoms with Gasteiger partial charge in [-0.15, -0.1) is 0 Å². The molecule has 0 saturated carbocycles. The Morgan fingerprint density at radius 1 is 1.14 bits per heavy atom. The van der Waals surface area contributed by atoms with Crippen LogP contribution in [0.1, 0.15) is 11.1 Å². The second kappa shape index (κ2) is 7.60. The van der Waals surface area contributed by atoms with Crippen molar-refractivity contribution in [2.45, 2.75) is 5.60 Å². The van der Waals surface area contributed by atoms with Crippen LogP contribution in [0.2, 0.25) is 5.02 Å². The van der Waals surface area contributed by atoms with Crippen molar-refractivity contribution in [2.75, 3.05) is 13.7 Å². The molecule has 6 heteroatoms. The van der Waals surface area contributed by atoms with E-state index in [0.29, 0.717) is 11.6 Å². The Morgan fingerprint density at radius 2 is 1.67 bits per heavy atom. The monoisotopic (exact) mass is 414 g/mol. The molecule has 1 radical (unpaired) electrons. The van der Waals surface area contributed by atoms with Gasteiger partial charge in [0.1, 0.15) is 5.60 Å². The summed E-state index contributed by atoms with van der Waals surface area (Å²) in [5, 5.41) is 14.8. The Morgan fingerprint density at radius 3 is 2.19 bits per heavy atom. The second-order valence-electron chi connectivity index (χ2n) is 4.61. The molecule has 21 heavy (non-hydrogen) atoms. The lowest BCUT2D eigenvalue weighted by atomic mass is 9.85. The van der Waals surface area contributed by atoms with Gasteiger partial charge in [-0.2, -0.15) is 0 Å². The summed E-state index contributed by atoms with van der Waals surface area (Å²) in [5.74, 6) is 0. The van der Waals surface area contributed by atoms with Crippen molar-refractivity contribution in [3.63, 3.8) is 0 Å². The van der Waals surface area contributed by atoms with Crippen molar-refractivity contribution in [1.82, 2.24) is 5.23 Å². The van der Waals surface area contributed by atoms with Crippen LogP contribution >= 0.6 is 34.2 Å². The minimum Gasteiger partial charge on any atom is -0.427 e. The van der Waals surface area contributed by atoms with E-state index in [1.807, 2.05) is 36.4 Å². The number of halogens is 2. The molecular formula is C15H15BClINO2. The minimum absolute atomic E-state index is 0.295. The average Bonchev–Trinajstić information content (AvgIpc) is 2.48. The third-order valence-corrected chi connectivity index (χ3v) is 4.17. The third kappa shape index (κ3) is 4.20. The molecule has 1 atom stereocenters. The average molecular weight is 414 g/mol. The molecule has 1 unspecified atom stereocenters. The maximum absolute atomic E-state index is 11.2. The molecule has 0 aliphatic heterocycles. The number of benzene rings is 2. The zero-order valence-corrected chi connectivity index (χ0v) is 14.4. The molecule has 2 aromatic rings. The maximum Gasteiger partial charge on any atom is 0.395 e. The lowest BCUT2D eigenvalue weighted by Gasteiger charge is -2.30. The molecule has 2 N–H and O–H groups in total. The molecule has 0 spiro atoms. The molecule has 2 aromatic carbocycles. The fourth-order valence-corrected chi connectivity index (χ4v) is 2.58. The maximum atomic E-state index is 11.2. The first-order valence-electron chi connectivity index (χ1n) is 6.38. The van der Waals surface area contributed by atoms with Crippen LogP contribution in [-0.2, 0) is 10.3 Å². The van der Waals surface area contributed by atoms with Gasteiger partial charge >= 0.3 is 7.62 Å². The third-order valence-electron chi connectivity index (χ3n) is 3.20. The molecular weight excluding hydrogens is 399 g/mol. The molecule has 0 aliphatic carbocycles. The van der Waals surface area contributed by atoms with Crippen LogP contribution in [0.25, 0.3) is 0 Å². The highest BCUT2D eigenvalue weighted by Crippen LogP contribution is 2.30. The minimum atomic E-state index is -1.16. The summed E-state index contributed by atoms with van der Waals surface area (Å²) in [6.07, 6.45) is 0. The smallest absolute Gasteiger partial charge is 0.395 e. The predicted octanol–water partition coefficient (Wildman–Crippen LogP) is 2.95. The van der Waals surface area contributed by atoms with Gasteiger partial charge in [0.15, 0.2) is 0 Å². The Bertz CT molecular complexity index is 532. The van der Waals surface area contributed by atoms with E-state index in [9.17, 15) is 5.11 Å². The fraction of sp³-hybridized carbons (Fsp3) is 0.200. The van der Waals surface area contributed by atoms with E-state index in [4.69, 9.17) is 16.3 Å². The highest BCUT2D eigenvalue weighted by Gasteiger charge is 2.31. The topological polar surface area (TPSA) is 41.5 Å². The Kier molecular flexibility index (Phi) is 6.07. The predicted molar refractivity (Wildman–Crippen MR) is 94.4 cm³/mol. The molecule has 2 rings (SSSR count). The molecule has 0 bridgehead atoms. The first-order valence-corrected chi connectivity index (χ1v) is 7.84. The van der Waals surface area contributed by atoms with Crippen LogP contribution in [0.3, 0.4) is 0 Å². The van der Waals surface area contributed by atoms with E-state index in [0.717, 1.165) is 14.7 Å². The van der Waals surface area contributed by atoms with Crippen LogP contribution < -0.4 is 5.23 Å². The van der Waals surface area contributed by atoms with Gasteiger partial charge in [0, 0.05) is 22.2 Å². The van der Waals surface area contributed by atoms with E-state index >= 15 is 0 Å². The van der Waals surface area contributed by atoms with Crippen LogP contribution in [0.4, 0.5) is 0 Å². The van der Waals surface area contributed by atoms with Crippen molar-refractivity contribution in [2.24, 2.45) is 0 Å². The molecule has 0 heterocycles. The number of nitrogens with one attached hydrogen (secondary N) is 1. The zero-order valence-electron chi connectivity index (χ0n) is 11.5. The van der Waals surface area contributed by atoms with Gasteiger partial charge in [0.05, 0.1) is 0 Å². The number of hydrogen-bond donors (Lipinski definition) is 2. The molecule has 0 aliphatic rings. The lowest BCUT2D eigenvalue weighted by molar-refractivity contribution is 0.0849. The molecule has 0 saturated heterocycles. The van der Waals surface area contributed by atoms with Gasteiger partial charge in [-0.05, 0) is 58.0 Å². The number of hydrogen-bond acceptors (Lipinski definition) is 3. The molecule has 3 nitrogen and oxygen atoms in total. The second-order valence-corrected chi connectivity index (χ2v) is 6.29. The normalized spacial score (nSPS) is 13.7. The van der Waals surface area contributed by atoms with E-state index in [-0.39, 0.29) is 0 Å². The Hall–Kier alpha value is -0.595. The lowest BCUT2D eigenvalue weighted by Crippen LogP contribution is -2.41. The molecule has 109 valence electrons. The SMILES string of the molecule is CO[B]NCC(O)(c1ccc(Cl)cc1)c1ccc(I)cc1. The van der Waals surface area contributed by atoms with Crippen molar-refractivity contribution < 1.29 is 9.76 Å². The van der Waals surface area contributed by atoms with E-state index < -0.39 is 5.60 Å². The summed E-state index contributed by atoms with van der Waals surface area (Å²) in [5.41, 5.74) is 0.414. The van der Waals surface area contributed by atoms with Gasteiger partial charge in [0.2, 0.25) is 0 Å². The van der Waals surface area contributed by atoms with Crippen molar-refractivity contribution in [3.05, 3.63) is 68.3 Å². The first kappa shape index (κ1) is 16.8. The zero-order chi connectivity index (χ0) is 15.3. The summed E-state index contributed by atoms with van der Waals surface area (Å²) >= 11 is 8.17. The van der Waals surface area contributed by atoms with Gasteiger partial charge < -0.3 is 15.0 Å². The van der Waals surface area contributed by atoms with Crippen LogP contribution in [-0.4, -0.2) is 26.4 Å². The highest BCUT2D eigenvalue weighted by molar-refractivity contribution is 14.1. The largest absolute Gasteiger partial charge is 0.427 e. The summed E-state index contributed by atoms with van der Waals surface area (Å²) in [6, 6.07) is 15.0. The summed E-state index contributed by atoms with van der Waals surface area (Å²) in [6.45, 7) is 0.295. The molecule has 0 fully saturated rings. The summed E-state index contributed by atoms with van der Waals surface area (Å²) in [7, 11) is 3.01. The number of aliphatic hydroxyl groups is 1. The summed E-state index contributed by atoms with van der Waals surface area (Å²) < 4.78 is 5.99. The molecule has 0 amide bonds. The molecule has 0 aromatic heterocycles. The van der Waals surface area contributed by atoms with Gasteiger partial charge in [-0.3, -0.25) is 0 Å². The van der Waals surface area contributed by atoms with Crippen LogP contribution in [0.15, 0.2) is 48.5 Å². The van der Waals surface area contributed by atoms with E-state index in [1.165, 1.54) is 7.62 Å². The van der Waals surface area contributed by atoms with Crippen LogP contribution in [0.5, 0.6) is 0 Å².